The molecule has 1 aromatic rings. The molecule has 2 rings (SSSR count). The lowest BCUT2D eigenvalue weighted by atomic mass is 10.1. The standard InChI is InChI=1S/C10H14N2O3S/c1-6-8(10(13)14)9(16-12-6)11-7-3-2-4-15-5-7/h7,11H,2-5H2,1H3,(H,13,14). The van der Waals surface area contributed by atoms with Crippen LogP contribution in [0.3, 0.4) is 0 Å². The summed E-state index contributed by atoms with van der Waals surface area (Å²) in [5.41, 5.74) is 0.854. The summed E-state index contributed by atoms with van der Waals surface area (Å²) in [5, 5.41) is 12.9. The molecule has 88 valence electrons. The molecule has 2 N–H and O–H groups in total. The molecule has 1 unspecified atom stereocenters. The highest BCUT2D eigenvalue weighted by Crippen LogP contribution is 2.26. The van der Waals surface area contributed by atoms with Crippen molar-refractivity contribution in [2.45, 2.75) is 25.8 Å². The van der Waals surface area contributed by atoms with E-state index in [0.717, 1.165) is 19.4 Å². The molecule has 5 nitrogen and oxygen atoms in total. The van der Waals surface area contributed by atoms with Gasteiger partial charge in [-0.05, 0) is 31.3 Å². The van der Waals surface area contributed by atoms with Crippen LogP contribution in [0.25, 0.3) is 0 Å². The Morgan fingerprint density at radius 3 is 3.12 bits per heavy atom. The third kappa shape index (κ3) is 2.33. The first-order chi connectivity index (χ1) is 7.68. The molecular formula is C10H14N2O3S. The minimum Gasteiger partial charge on any atom is -0.478 e. The predicted octanol–water partition coefficient (Wildman–Crippen LogP) is 1.74. The number of hydrogen-bond donors (Lipinski definition) is 2. The maximum Gasteiger partial charge on any atom is 0.340 e. The molecule has 0 amide bonds. The number of aromatic nitrogens is 1. The van der Waals surface area contributed by atoms with Crippen molar-refractivity contribution < 1.29 is 14.6 Å². The van der Waals surface area contributed by atoms with Crippen molar-refractivity contribution in [3.8, 4) is 0 Å². The predicted molar refractivity (Wildman–Crippen MR) is 61.3 cm³/mol. The smallest absolute Gasteiger partial charge is 0.340 e. The molecule has 0 aliphatic carbocycles. The van der Waals surface area contributed by atoms with Gasteiger partial charge in [0.05, 0.1) is 18.3 Å². The third-order valence-corrected chi connectivity index (χ3v) is 3.44. The maximum atomic E-state index is 11.0. The Balaban J connectivity index is 2.11. The Bertz CT molecular complexity index is 385. The van der Waals surface area contributed by atoms with Crippen LogP contribution in [0.5, 0.6) is 0 Å². The minimum absolute atomic E-state index is 0.201. The lowest BCUT2D eigenvalue weighted by Gasteiger charge is -2.23. The van der Waals surface area contributed by atoms with Gasteiger partial charge in [-0.3, -0.25) is 0 Å². The minimum atomic E-state index is -0.925. The van der Waals surface area contributed by atoms with Gasteiger partial charge in [0.25, 0.3) is 0 Å². The number of rotatable bonds is 3. The first-order valence-corrected chi connectivity index (χ1v) is 5.99. The number of aromatic carboxylic acids is 1. The third-order valence-electron chi connectivity index (χ3n) is 2.57. The molecule has 2 heterocycles. The van der Waals surface area contributed by atoms with Gasteiger partial charge in [0.1, 0.15) is 10.6 Å². The number of nitrogens with one attached hydrogen (secondary N) is 1. The number of carboxylic acid groups (broad SMARTS) is 1. The van der Waals surface area contributed by atoms with E-state index >= 15 is 0 Å². The average molecular weight is 242 g/mol. The molecular weight excluding hydrogens is 228 g/mol. The zero-order chi connectivity index (χ0) is 11.5. The highest BCUT2D eigenvalue weighted by molar-refractivity contribution is 7.10. The number of nitrogens with zero attached hydrogens (tertiary/aromatic N) is 1. The van der Waals surface area contributed by atoms with Gasteiger partial charge in [0, 0.05) is 6.61 Å². The molecule has 1 atom stereocenters. The zero-order valence-corrected chi connectivity index (χ0v) is 9.84. The van der Waals surface area contributed by atoms with Crippen LogP contribution >= 0.6 is 11.5 Å². The summed E-state index contributed by atoms with van der Waals surface area (Å²) in [7, 11) is 0. The van der Waals surface area contributed by atoms with Crippen molar-refractivity contribution in [1.82, 2.24) is 4.37 Å². The van der Waals surface area contributed by atoms with Crippen molar-refractivity contribution >= 4 is 22.5 Å². The normalized spacial score (nSPS) is 20.7. The fourth-order valence-electron chi connectivity index (χ4n) is 1.76. The van der Waals surface area contributed by atoms with E-state index in [1.54, 1.807) is 6.92 Å². The highest BCUT2D eigenvalue weighted by atomic mass is 32.1. The van der Waals surface area contributed by atoms with Crippen LogP contribution < -0.4 is 5.32 Å². The quantitative estimate of drug-likeness (QED) is 0.844. The van der Waals surface area contributed by atoms with Crippen LogP contribution in [-0.2, 0) is 4.74 Å². The second-order valence-corrected chi connectivity index (χ2v) is 4.61. The highest BCUT2D eigenvalue weighted by Gasteiger charge is 2.21. The first kappa shape index (κ1) is 11.3. The number of carbonyl (C=O) groups is 1. The SMILES string of the molecule is Cc1nsc(NC2CCCOC2)c1C(=O)O. The fourth-order valence-corrected chi connectivity index (χ4v) is 2.63. The molecule has 16 heavy (non-hydrogen) atoms. The number of carboxylic acids is 1. The Kier molecular flexibility index (Phi) is 3.40. The van der Waals surface area contributed by atoms with Gasteiger partial charge in [-0.15, -0.1) is 0 Å². The van der Waals surface area contributed by atoms with E-state index in [9.17, 15) is 4.79 Å². The van der Waals surface area contributed by atoms with Crippen LogP contribution in [-0.4, -0.2) is 34.7 Å². The summed E-state index contributed by atoms with van der Waals surface area (Å²) in [5.74, 6) is -0.925. The van der Waals surface area contributed by atoms with E-state index in [1.807, 2.05) is 0 Å². The lowest BCUT2D eigenvalue weighted by molar-refractivity contribution is 0.0696. The van der Waals surface area contributed by atoms with Crippen LogP contribution in [0.15, 0.2) is 0 Å². The second-order valence-electron chi connectivity index (χ2n) is 3.84. The number of aryl methyl sites for hydroxylation is 1. The molecule has 1 aliphatic rings. The number of hydrogen-bond acceptors (Lipinski definition) is 5. The Hall–Kier alpha value is -1.14. The van der Waals surface area contributed by atoms with Gasteiger partial charge in [0.2, 0.25) is 0 Å². The summed E-state index contributed by atoms with van der Waals surface area (Å²) < 4.78 is 9.40. The second kappa shape index (κ2) is 4.80. The largest absolute Gasteiger partial charge is 0.478 e. The van der Waals surface area contributed by atoms with Crippen molar-refractivity contribution in [2.24, 2.45) is 0 Å². The average Bonchev–Trinajstić information content (AvgIpc) is 2.61. The van der Waals surface area contributed by atoms with Gasteiger partial charge >= 0.3 is 5.97 Å². The van der Waals surface area contributed by atoms with Gasteiger partial charge < -0.3 is 15.2 Å². The summed E-state index contributed by atoms with van der Waals surface area (Å²) in [4.78, 5) is 11.0. The van der Waals surface area contributed by atoms with Gasteiger partial charge in [-0.1, -0.05) is 0 Å². The lowest BCUT2D eigenvalue weighted by Crippen LogP contribution is -2.30. The molecule has 1 aromatic heterocycles. The van der Waals surface area contributed by atoms with Crippen LogP contribution in [0, 0.1) is 6.92 Å². The van der Waals surface area contributed by atoms with Crippen LogP contribution in [0.1, 0.15) is 28.9 Å². The van der Waals surface area contributed by atoms with Crippen LogP contribution in [0.2, 0.25) is 0 Å². The molecule has 0 spiro atoms. The van der Waals surface area contributed by atoms with E-state index < -0.39 is 5.97 Å². The van der Waals surface area contributed by atoms with Crippen molar-refractivity contribution in [1.29, 1.82) is 0 Å². The van der Waals surface area contributed by atoms with Gasteiger partial charge in [-0.25, -0.2) is 4.79 Å². The van der Waals surface area contributed by atoms with Gasteiger partial charge in [0.15, 0.2) is 0 Å². The van der Waals surface area contributed by atoms with Gasteiger partial charge in [-0.2, -0.15) is 4.37 Å². The Labute approximate surface area is 97.6 Å². The molecule has 0 aromatic carbocycles. The Morgan fingerprint density at radius 2 is 2.50 bits per heavy atom. The molecule has 0 bridgehead atoms. The van der Waals surface area contributed by atoms with Crippen molar-refractivity contribution in [3.63, 3.8) is 0 Å². The molecule has 6 heteroatoms. The van der Waals surface area contributed by atoms with E-state index in [1.165, 1.54) is 11.5 Å². The number of anilines is 1. The summed E-state index contributed by atoms with van der Waals surface area (Å²) >= 11 is 1.20. The molecule has 1 fully saturated rings. The van der Waals surface area contributed by atoms with Crippen molar-refractivity contribution in [3.05, 3.63) is 11.3 Å². The molecule has 0 radical (unpaired) electrons. The zero-order valence-electron chi connectivity index (χ0n) is 9.02. The molecule has 1 aliphatic heterocycles. The monoisotopic (exact) mass is 242 g/mol. The van der Waals surface area contributed by atoms with Crippen molar-refractivity contribution in [2.75, 3.05) is 18.5 Å². The fraction of sp³-hybridized carbons (Fsp3) is 0.600. The summed E-state index contributed by atoms with van der Waals surface area (Å²) in [6.07, 6.45) is 2.02. The van der Waals surface area contributed by atoms with E-state index in [-0.39, 0.29) is 11.6 Å². The molecule has 1 saturated heterocycles. The summed E-state index contributed by atoms with van der Waals surface area (Å²) in [6, 6.07) is 0.201. The molecule has 0 saturated carbocycles. The first-order valence-electron chi connectivity index (χ1n) is 5.22. The Morgan fingerprint density at radius 1 is 1.69 bits per heavy atom. The number of ether oxygens (including phenoxy) is 1. The van der Waals surface area contributed by atoms with E-state index in [2.05, 4.69) is 9.69 Å². The maximum absolute atomic E-state index is 11.0. The topological polar surface area (TPSA) is 71.5 Å². The van der Waals surface area contributed by atoms with E-state index in [0.29, 0.717) is 17.3 Å². The van der Waals surface area contributed by atoms with Crippen LogP contribution in [0.4, 0.5) is 5.00 Å². The van der Waals surface area contributed by atoms with E-state index in [4.69, 9.17) is 9.84 Å². The summed E-state index contributed by atoms with van der Waals surface area (Å²) in [6.45, 7) is 3.14.